The molecular formula is C14H15BrN4O5S. The topological polar surface area (TPSA) is 133 Å². The molecule has 2 rings (SSSR count). The average Bonchev–Trinajstić information content (AvgIpc) is 2.81. The number of hydrogen-bond donors (Lipinski definition) is 2. The second-order valence-corrected chi connectivity index (χ2v) is 7.52. The zero-order valence-electron chi connectivity index (χ0n) is 13.3. The van der Waals surface area contributed by atoms with E-state index in [1.807, 2.05) is 0 Å². The number of carbonyl (C=O) groups is 2. The van der Waals surface area contributed by atoms with E-state index in [1.54, 1.807) is 20.0 Å². The van der Waals surface area contributed by atoms with Crippen LogP contribution in [0, 0.1) is 6.92 Å². The summed E-state index contributed by atoms with van der Waals surface area (Å²) in [5, 5.41) is 11.6. The normalized spacial score (nSPS) is 11.2. The molecule has 2 aromatic rings. The molecule has 3 N–H and O–H groups in total. The predicted octanol–water partition coefficient (Wildman–Crippen LogP) is 0.934. The maximum absolute atomic E-state index is 12.1. The minimum atomic E-state index is -3.97. The highest BCUT2D eigenvalue weighted by atomic mass is 79.9. The van der Waals surface area contributed by atoms with Crippen LogP contribution < -0.4 is 10.5 Å². The van der Waals surface area contributed by atoms with Gasteiger partial charge in [-0.3, -0.25) is 9.48 Å². The number of hydrogen-bond acceptors (Lipinski definition) is 6. The third-order valence-electron chi connectivity index (χ3n) is 3.09. The fraction of sp³-hybridized carbons (Fsp3) is 0.214. The van der Waals surface area contributed by atoms with Crippen LogP contribution in [-0.4, -0.2) is 36.7 Å². The first kappa shape index (κ1) is 19.1. The first-order valence-electron chi connectivity index (χ1n) is 6.88. The molecule has 0 spiro atoms. The SMILES string of the molecule is Cc1cc(NC(=O)COC(=O)c2cc(S(N)(=O)=O)ccc2Br)n(C)n1. The van der Waals surface area contributed by atoms with Crippen LogP contribution in [0.25, 0.3) is 0 Å². The fourth-order valence-corrected chi connectivity index (χ4v) is 2.90. The number of sulfonamides is 1. The molecule has 1 heterocycles. The van der Waals surface area contributed by atoms with Crippen molar-refractivity contribution in [2.24, 2.45) is 12.2 Å². The van der Waals surface area contributed by atoms with Gasteiger partial charge in [-0.15, -0.1) is 0 Å². The number of halogens is 1. The van der Waals surface area contributed by atoms with E-state index in [-0.39, 0.29) is 10.5 Å². The van der Waals surface area contributed by atoms with Gasteiger partial charge in [0.15, 0.2) is 6.61 Å². The number of ether oxygens (including phenoxy) is 1. The lowest BCUT2D eigenvalue weighted by molar-refractivity contribution is -0.119. The molecule has 0 atom stereocenters. The van der Waals surface area contributed by atoms with Crippen molar-refractivity contribution in [2.45, 2.75) is 11.8 Å². The van der Waals surface area contributed by atoms with Crippen LogP contribution in [-0.2, 0) is 26.6 Å². The van der Waals surface area contributed by atoms with Crippen molar-refractivity contribution in [3.8, 4) is 0 Å². The molecule has 1 amide bonds. The Bertz CT molecular complexity index is 939. The van der Waals surface area contributed by atoms with Crippen molar-refractivity contribution >= 4 is 43.6 Å². The smallest absolute Gasteiger partial charge is 0.339 e. The van der Waals surface area contributed by atoms with Crippen LogP contribution in [0.5, 0.6) is 0 Å². The number of aryl methyl sites for hydroxylation is 2. The predicted molar refractivity (Wildman–Crippen MR) is 92.4 cm³/mol. The number of primary sulfonamides is 1. The highest BCUT2D eigenvalue weighted by molar-refractivity contribution is 9.10. The lowest BCUT2D eigenvalue weighted by Crippen LogP contribution is -2.22. The van der Waals surface area contributed by atoms with Gasteiger partial charge in [0.05, 0.1) is 16.2 Å². The van der Waals surface area contributed by atoms with E-state index >= 15 is 0 Å². The van der Waals surface area contributed by atoms with Gasteiger partial charge in [-0.2, -0.15) is 5.10 Å². The van der Waals surface area contributed by atoms with Crippen LogP contribution in [0.4, 0.5) is 5.82 Å². The molecule has 0 saturated heterocycles. The van der Waals surface area contributed by atoms with Gasteiger partial charge in [-0.05, 0) is 41.1 Å². The van der Waals surface area contributed by atoms with E-state index < -0.39 is 28.5 Å². The number of aromatic nitrogens is 2. The summed E-state index contributed by atoms with van der Waals surface area (Å²) in [5.41, 5.74) is 0.661. The molecule has 0 fully saturated rings. The highest BCUT2D eigenvalue weighted by Crippen LogP contribution is 2.21. The van der Waals surface area contributed by atoms with Gasteiger partial charge >= 0.3 is 5.97 Å². The first-order valence-corrected chi connectivity index (χ1v) is 9.22. The molecule has 25 heavy (non-hydrogen) atoms. The molecule has 11 heteroatoms. The molecule has 0 aliphatic carbocycles. The van der Waals surface area contributed by atoms with Gasteiger partial charge in [0.1, 0.15) is 5.82 Å². The van der Waals surface area contributed by atoms with Gasteiger partial charge < -0.3 is 10.1 Å². The van der Waals surface area contributed by atoms with E-state index in [0.29, 0.717) is 10.3 Å². The van der Waals surface area contributed by atoms with Crippen molar-refractivity contribution in [3.05, 3.63) is 40.0 Å². The van der Waals surface area contributed by atoms with Gasteiger partial charge in [0, 0.05) is 17.6 Å². The fourth-order valence-electron chi connectivity index (χ4n) is 1.95. The second-order valence-electron chi connectivity index (χ2n) is 5.11. The molecule has 0 aliphatic rings. The molecule has 9 nitrogen and oxygen atoms in total. The van der Waals surface area contributed by atoms with E-state index in [1.165, 1.54) is 16.8 Å². The van der Waals surface area contributed by atoms with E-state index in [0.717, 1.165) is 11.8 Å². The zero-order chi connectivity index (χ0) is 18.8. The monoisotopic (exact) mass is 430 g/mol. The number of anilines is 1. The van der Waals surface area contributed by atoms with Crippen molar-refractivity contribution < 1.29 is 22.7 Å². The van der Waals surface area contributed by atoms with Crippen LogP contribution in [0.2, 0.25) is 0 Å². The van der Waals surface area contributed by atoms with Crippen LogP contribution >= 0.6 is 15.9 Å². The summed E-state index contributed by atoms with van der Waals surface area (Å²) in [7, 11) is -2.31. The van der Waals surface area contributed by atoms with Gasteiger partial charge in [-0.1, -0.05) is 0 Å². The van der Waals surface area contributed by atoms with Crippen molar-refractivity contribution in [1.82, 2.24) is 9.78 Å². The van der Waals surface area contributed by atoms with Crippen molar-refractivity contribution in [3.63, 3.8) is 0 Å². The standard InChI is InChI=1S/C14H15BrN4O5S/c1-8-5-12(19(2)18-8)17-13(20)7-24-14(21)10-6-9(25(16,22)23)3-4-11(10)15/h3-6H,7H2,1-2H3,(H,17,20)(H2,16,22,23). The maximum Gasteiger partial charge on any atom is 0.339 e. The minimum Gasteiger partial charge on any atom is -0.452 e. The average molecular weight is 431 g/mol. The summed E-state index contributed by atoms with van der Waals surface area (Å²) in [6, 6.07) is 5.33. The quantitative estimate of drug-likeness (QED) is 0.677. The molecule has 0 bridgehead atoms. The van der Waals surface area contributed by atoms with Crippen LogP contribution in [0.1, 0.15) is 16.1 Å². The Morgan fingerprint density at radius 3 is 2.60 bits per heavy atom. The van der Waals surface area contributed by atoms with Crippen molar-refractivity contribution in [2.75, 3.05) is 11.9 Å². The lowest BCUT2D eigenvalue weighted by atomic mass is 10.2. The molecular weight excluding hydrogens is 416 g/mol. The van der Waals surface area contributed by atoms with E-state index in [2.05, 4.69) is 26.3 Å². The Kier molecular flexibility index (Phi) is 5.60. The molecule has 1 aromatic carbocycles. The van der Waals surface area contributed by atoms with Crippen LogP contribution in [0.3, 0.4) is 0 Å². The number of esters is 1. The first-order chi connectivity index (χ1) is 11.6. The van der Waals surface area contributed by atoms with Crippen LogP contribution in [0.15, 0.2) is 33.6 Å². The molecule has 0 radical (unpaired) electrons. The lowest BCUT2D eigenvalue weighted by Gasteiger charge is -2.08. The summed E-state index contributed by atoms with van der Waals surface area (Å²) in [5.74, 6) is -0.972. The largest absolute Gasteiger partial charge is 0.452 e. The molecule has 0 unspecified atom stereocenters. The van der Waals surface area contributed by atoms with Gasteiger partial charge in [0.25, 0.3) is 5.91 Å². The Balaban J connectivity index is 2.05. The summed E-state index contributed by atoms with van der Waals surface area (Å²) < 4.78 is 29.4. The Morgan fingerprint density at radius 1 is 1.36 bits per heavy atom. The molecule has 1 aromatic heterocycles. The minimum absolute atomic E-state index is 0.0595. The van der Waals surface area contributed by atoms with Gasteiger partial charge in [-0.25, -0.2) is 18.4 Å². The summed E-state index contributed by atoms with van der Waals surface area (Å²) in [6.07, 6.45) is 0. The Hall–Kier alpha value is -2.24. The third-order valence-corrected chi connectivity index (χ3v) is 4.69. The zero-order valence-corrected chi connectivity index (χ0v) is 15.7. The number of amides is 1. The highest BCUT2D eigenvalue weighted by Gasteiger charge is 2.18. The Morgan fingerprint density at radius 2 is 2.04 bits per heavy atom. The van der Waals surface area contributed by atoms with Crippen molar-refractivity contribution in [1.29, 1.82) is 0 Å². The molecule has 0 aliphatic heterocycles. The third kappa shape index (κ3) is 4.87. The molecule has 134 valence electrons. The number of rotatable bonds is 5. The van der Waals surface area contributed by atoms with Gasteiger partial charge in [0.2, 0.25) is 10.0 Å². The number of benzene rings is 1. The number of carbonyl (C=O) groups excluding carboxylic acids is 2. The maximum atomic E-state index is 12.1. The second kappa shape index (κ2) is 7.33. The molecule has 0 saturated carbocycles. The number of nitrogens with zero attached hydrogens (tertiary/aromatic N) is 2. The summed E-state index contributed by atoms with van der Waals surface area (Å²) >= 11 is 3.12. The number of nitrogens with two attached hydrogens (primary N) is 1. The summed E-state index contributed by atoms with van der Waals surface area (Å²) in [4.78, 5) is 23.7. The van der Waals surface area contributed by atoms with E-state index in [4.69, 9.17) is 9.88 Å². The Labute approximate surface area is 152 Å². The number of nitrogens with one attached hydrogen (secondary N) is 1. The van der Waals surface area contributed by atoms with E-state index in [9.17, 15) is 18.0 Å². The summed E-state index contributed by atoms with van der Waals surface area (Å²) in [6.45, 7) is 1.22.